The molecule has 0 radical (unpaired) electrons. The molecule has 0 aliphatic rings. The summed E-state index contributed by atoms with van der Waals surface area (Å²) in [6, 6.07) is -4.30. The molecule has 228 valence electrons. The van der Waals surface area contributed by atoms with Gasteiger partial charge in [0.15, 0.2) is 0 Å². The Kier molecular flexibility index (Phi) is 20.5. The van der Waals surface area contributed by atoms with E-state index >= 15 is 0 Å². The van der Waals surface area contributed by atoms with E-state index in [1.807, 2.05) is 0 Å². The van der Waals surface area contributed by atoms with Crippen molar-refractivity contribution in [2.24, 2.45) is 11.5 Å². The normalized spacial score (nSPS) is 13.1. The van der Waals surface area contributed by atoms with E-state index in [1.54, 1.807) is 0 Å². The number of carbonyl (C=O) groups excluding carboxylic acids is 4. The minimum Gasteiger partial charge on any atom is -0.480 e. The smallest absolute Gasteiger partial charge is 0.322 e. The van der Waals surface area contributed by atoms with Crippen molar-refractivity contribution in [2.75, 3.05) is 24.6 Å². The van der Waals surface area contributed by atoms with Gasteiger partial charge in [-0.15, -0.1) is 0 Å². The summed E-state index contributed by atoms with van der Waals surface area (Å²) in [5.41, 5.74) is 10.5. The van der Waals surface area contributed by atoms with Crippen LogP contribution in [0.1, 0.15) is 25.7 Å². The van der Waals surface area contributed by atoms with E-state index in [-0.39, 0.29) is 37.2 Å². The van der Waals surface area contributed by atoms with Gasteiger partial charge in [0.05, 0.1) is 0 Å². The molecule has 4 atom stereocenters. The van der Waals surface area contributed by atoms with Crippen LogP contribution < -0.4 is 32.7 Å². The minimum absolute atomic E-state index is 0.0256. The average Bonchev–Trinajstić information content (AvgIpc) is 2.89. The molecule has 0 saturated heterocycles. The van der Waals surface area contributed by atoms with E-state index in [9.17, 15) is 38.4 Å². The van der Waals surface area contributed by atoms with Crippen molar-refractivity contribution >= 4 is 72.8 Å². The molecule has 20 heteroatoms. The maximum absolute atomic E-state index is 11.5. The highest BCUT2D eigenvalue weighted by atomic mass is 32.1. The lowest BCUT2D eigenvalue weighted by molar-refractivity contribution is -0.140. The van der Waals surface area contributed by atoms with Crippen LogP contribution in [0.25, 0.3) is 0 Å². The van der Waals surface area contributed by atoms with E-state index in [0.29, 0.717) is 0 Å². The maximum atomic E-state index is 11.5. The summed E-state index contributed by atoms with van der Waals surface area (Å²) in [4.78, 5) is 87.5. The lowest BCUT2D eigenvalue weighted by Gasteiger charge is -2.16. The molecule has 0 heterocycles. The summed E-state index contributed by atoms with van der Waals surface area (Å²) in [5, 5.41) is 42.7. The van der Waals surface area contributed by atoms with Gasteiger partial charge in [-0.1, -0.05) is 0 Å². The maximum Gasteiger partial charge on any atom is 0.322 e. The lowest BCUT2D eigenvalue weighted by Crippen LogP contribution is -2.49. The number of amides is 4. The number of rotatable bonds is 18. The van der Waals surface area contributed by atoms with Gasteiger partial charge >= 0.3 is 23.9 Å². The summed E-state index contributed by atoms with van der Waals surface area (Å²) in [7, 11) is 0. The molecule has 0 saturated carbocycles. The number of hydrogen-bond donors (Lipinski definition) is 12. The number of carboxylic acid groups (broad SMARTS) is 4. The fourth-order valence-electron chi connectivity index (χ4n) is 2.31. The predicted molar refractivity (Wildman–Crippen MR) is 143 cm³/mol. The minimum atomic E-state index is -1.22. The Morgan fingerprint density at radius 2 is 0.900 bits per heavy atom. The van der Waals surface area contributed by atoms with Gasteiger partial charge in [-0.3, -0.25) is 38.4 Å². The molecule has 0 fully saturated rings. The third-order valence-electron chi connectivity index (χ3n) is 4.50. The zero-order chi connectivity index (χ0) is 31.4. The van der Waals surface area contributed by atoms with Crippen molar-refractivity contribution < 1.29 is 58.8 Å². The summed E-state index contributed by atoms with van der Waals surface area (Å²) in [6.45, 7) is -1.13. The van der Waals surface area contributed by atoms with Crippen molar-refractivity contribution in [3.63, 3.8) is 0 Å². The number of hydrogen-bond acceptors (Lipinski definition) is 12. The molecule has 0 aliphatic heterocycles. The van der Waals surface area contributed by atoms with Crippen molar-refractivity contribution in [1.82, 2.24) is 21.3 Å². The standard InChI is InChI=1S/2C10H17N3O6S/c2*11-5(10(18)19)1-2-7(14)13-6(4-20)9(17)12-3-8(15)16/h2*5-6,20H,1-4,11H2,(H,12,17)(H,13,14)(H,15,16)(H,18,19)/t5-,6-;/m0./s1. The molecular formula is C20H34N6O12S2. The molecule has 0 spiro atoms. The third kappa shape index (κ3) is 19.4. The lowest BCUT2D eigenvalue weighted by atomic mass is 10.1. The molecule has 0 aromatic heterocycles. The molecule has 0 bridgehead atoms. The predicted octanol–water partition coefficient (Wildman–Crippen LogP) is -4.41. The number of carboxylic acids is 4. The highest BCUT2D eigenvalue weighted by Crippen LogP contribution is 1.98. The van der Waals surface area contributed by atoms with Crippen molar-refractivity contribution in [2.45, 2.75) is 49.9 Å². The van der Waals surface area contributed by atoms with Gasteiger partial charge in [0.25, 0.3) is 0 Å². The molecular weight excluding hydrogens is 580 g/mol. The fraction of sp³-hybridized carbons (Fsp3) is 0.600. The Morgan fingerprint density at radius 3 is 1.12 bits per heavy atom. The summed E-state index contributed by atoms with van der Waals surface area (Å²) in [6.07, 6.45) is -0.470. The summed E-state index contributed by atoms with van der Waals surface area (Å²) in [5.74, 6) is -7.41. The van der Waals surface area contributed by atoms with E-state index < -0.39 is 84.8 Å². The second-order valence-electron chi connectivity index (χ2n) is 7.80. The Balaban J connectivity index is 0. The third-order valence-corrected chi connectivity index (χ3v) is 5.23. The monoisotopic (exact) mass is 614 g/mol. The van der Waals surface area contributed by atoms with Crippen LogP contribution in [0.2, 0.25) is 0 Å². The van der Waals surface area contributed by atoms with Crippen LogP contribution in [-0.2, 0) is 38.4 Å². The first-order valence-corrected chi connectivity index (χ1v) is 12.6. The Hall–Kier alpha value is -3.62. The highest BCUT2D eigenvalue weighted by molar-refractivity contribution is 7.80. The second kappa shape index (κ2) is 21.2. The fourth-order valence-corrected chi connectivity index (χ4v) is 2.83. The van der Waals surface area contributed by atoms with Crippen LogP contribution in [0.5, 0.6) is 0 Å². The molecule has 2 unspecified atom stereocenters. The molecule has 4 amide bonds. The summed E-state index contributed by atoms with van der Waals surface area (Å²) >= 11 is 7.75. The first-order chi connectivity index (χ1) is 18.5. The van der Waals surface area contributed by atoms with Crippen LogP contribution in [-0.4, -0.2) is 117 Å². The Morgan fingerprint density at radius 1 is 0.600 bits per heavy atom. The van der Waals surface area contributed by atoms with Gasteiger partial charge in [0.2, 0.25) is 23.6 Å². The number of nitrogens with two attached hydrogens (primary N) is 2. The van der Waals surface area contributed by atoms with Gasteiger partial charge < -0.3 is 53.2 Å². The molecule has 0 aliphatic carbocycles. The quantitative estimate of drug-likeness (QED) is 0.0649. The Labute approximate surface area is 238 Å². The number of thiol groups is 2. The van der Waals surface area contributed by atoms with Gasteiger partial charge in [-0.2, -0.15) is 25.3 Å². The van der Waals surface area contributed by atoms with Crippen molar-refractivity contribution in [1.29, 1.82) is 0 Å². The van der Waals surface area contributed by atoms with E-state index in [0.717, 1.165) is 0 Å². The first-order valence-electron chi connectivity index (χ1n) is 11.3. The first kappa shape index (κ1) is 38.5. The highest BCUT2D eigenvalue weighted by Gasteiger charge is 2.22. The van der Waals surface area contributed by atoms with Crippen LogP contribution in [0.3, 0.4) is 0 Å². The van der Waals surface area contributed by atoms with Gasteiger partial charge in [-0.05, 0) is 12.8 Å². The zero-order valence-corrected chi connectivity index (χ0v) is 22.9. The van der Waals surface area contributed by atoms with E-state index in [2.05, 4.69) is 46.5 Å². The molecule has 12 N–H and O–H groups in total. The molecule has 0 aromatic rings. The number of aliphatic carboxylic acids is 4. The van der Waals surface area contributed by atoms with Gasteiger partial charge in [0.1, 0.15) is 37.3 Å². The summed E-state index contributed by atoms with van der Waals surface area (Å²) < 4.78 is 0. The van der Waals surface area contributed by atoms with Crippen LogP contribution in [0, 0.1) is 0 Å². The molecule has 18 nitrogen and oxygen atoms in total. The van der Waals surface area contributed by atoms with E-state index in [1.165, 1.54) is 0 Å². The average molecular weight is 615 g/mol. The molecule has 0 aromatic carbocycles. The van der Waals surface area contributed by atoms with Crippen molar-refractivity contribution in [3.8, 4) is 0 Å². The van der Waals surface area contributed by atoms with Crippen molar-refractivity contribution in [3.05, 3.63) is 0 Å². The van der Waals surface area contributed by atoms with Crippen LogP contribution in [0.4, 0.5) is 0 Å². The van der Waals surface area contributed by atoms with Crippen LogP contribution >= 0.6 is 25.3 Å². The largest absolute Gasteiger partial charge is 0.480 e. The molecule has 0 rings (SSSR count). The Bertz CT molecular complexity index is 850. The van der Waals surface area contributed by atoms with E-state index in [4.69, 9.17) is 31.9 Å². The second-order valence-corrected chi connectivity index (χ2v) is 8.53. The number of carbonyl (C=O) groups is 8. The van der Waals surface area contributed by atoms with Gasteiger partial charge in [0, 0.05) is 24.3 Å². The van der Waals surface area contributed by atoms with Gasteiger partial charge in [-0.25, -0.2) is 0 Å². The number of nitrogens with one attached hydrogen (secondary N) is 4. The van der Waals surface area contributed by atoms with Crippen LogP contribution in [0.15, 0.2) is 0 Å². The SMILES string of the molecule is NC(CCC(=O)NC(CS)C(=O)NCC(=O)O)C(=O)O.N[C@@H](CCC(=O)N[C@@H](CS)C(=O)NCC(=O)O)C(=O)O. The topological polar surface area (TPSA) is 318 Å². The molecule has 40 heavy (non-hydrogen) atoms. The zero-order valence-electron chi connectivity index (χ0n) is 21.1.